The summed E-state index contributed by atoms with van der Waals surface area (Å²) in [5.41, 5.74) is 12.5. The third-order valence-electron chi connectivity index (χ3n) is 9.60. The Kier molecular flexibility index (Phi) is 5.20. The van der Waals surface area contributed by atoms with Gasteiger partial charge >= 0.3 is 0 Å². The second kappa shape index (κ2) is 9.47. The van der Waals surface area contributed by atoms with Crippen molar-refractivity contribution in [1.29, 1.82) is 0 Å². The van der Waals surface area contributed by atoms with E-state index in [1.165, 1.54) is 60.5 Å². The van der Waals surface area contributed by atoms with Gasteiger partial charge in [-0.05, 0) is 78.7 Å². The fraction of sp³-hybridized carbons (Fsp3) is 0.0233. The Labute approximate surface area is 265 Å². The number of fused-ring (bicyclic) bond motifs is 9. The summed E-state index contributed by atoms with van der Waals surface area (Å²) in [6.07, 6.45) is 0. The summed E-state index contributed by atoms with van der Waals surface area (Å²) in [6.45, 7) is 2.13. The van der Waals surface area contributed by atoms with Crippen LogP contribution in [0, 0.1) is 6.92 Å². The zero-order valence-electron chi connectivity index (χ0n) is 25.2. The van der Waals surface area contributed by atoms with Crippen molar-refractivity contribution in [2.75, 3.05) is 0 Å². The predicted molar refractivity (Wildman–Crippen MR) is 193 cm³/mol. The average Bonchev–Trinajstić information content (AvgIpc) is 3.76. The maximum atomic E-state index is 6.49. The van der Waals surface area contributed by atoms with Crippen molar-refractivity contribution in [1.82, 2.24) is 9.13 Å². The summed E-state index contributed by atoms with van der Waals surface area (Å²) < 4.78 is 11.2. The summed E-state index contributed by atoms with van der Waals surface area (Å²) >= 11 is 0. The van der Waals surface area contributed by atoms with E-state index in [1.807, 2.05) is 12.1 Å². The van der Waals surface area contributed by atoms with E-state index >= 15 is 0 Å². The fourth-order valence-electron chi connectivity index (χ4n) is 7.44. The zero-order valence-corrected chi connectivity index (χ0v) is 25.2. The van der Waals surface area contributed by atoms with E-state index < -0.39 is 0 Å². The first-order chi connectivity index (χ1) is 22.7. The minimum absolute atomic E-state index is 0.908. The lowest BCUT2D eigenvalue weighted by molar-refractivity contribution is 0.666. The third kappa shape index (κ3) is 3.54. The molecule has 3 aromatic heterocycles. The standard InChI is InChI=1S/C43H28N2O/c1-27-17-21-30(22-18-27)44-37-13-5-2-9-31(37)35-25-28(19-23-39(35)44)29-20-24-40-36(26-29)32-10-3-6-14-38(32)45(40)41-15-8-12-34-33-11-4-7-16-42(33)46-43(34)41/h2-26H,1H3. The number of para-hydroxylation sites is 4. The number of aryl methyl sites for hydroxylation is 1. The summed E-state index contributed by atoms with van der Waals surface area (Å²) in [5, 5.41) is 7.24. The van der Waals surface area contributed by atoms with Gasteiger partial charge in [0.1, 0.15) is 5.58 Å². The normalized spacial score (nSPS) is 12.0. The molecule has 10 aromatic rings. The molecule has 7 aromatic carbocycles. The van der Waals surface area contributed by atoms with Crippen LogP contribution in [-0.2, 0) is 0 Å². The minimum Gasteiger partial charge on any atom is -0.454 e. The van der Waals surface area contributed by atoms with Crippen molar-refractivity contribution in [3.63, 3.8) is 0 Å². The molecular weight excluding hydrogens is 560 g/mol. The molecule has 216 valence electrons. The number of benzene rings is 7. The van der Waals surface area contributed by atoms with Gasteiger partial charge in [0.2, 0.25) is 0 Å². The van der Waals surface area contributed by atoms with Crippen molar-refractivity contribution in [2.45, 2.75) is 6.92 Å². The van der Waals surface area contributed by atoms with Crippen LogP contribution in [0.2, 0.25) is 0 Å². The molecule has 0 N–H and O–H groups in total. The number of nitrogens with zero attached hydrogens (tertiary/aromatic N) is 2. The van der Waals surface area contributed by atoms with Crippen molar-refractivity contribution in [3.05, 3.63) is 157 Å². The van der Waals surface area contributed by atoms with E-state index in [4.69, 9.17) is 4.42 Å². The zero-order chi connectivity index (χ0) is 30.4. The molecule has 0 bridgehead atoms. The van der Waals surface area contributed by atoms with Crippen LogP contribution in [-0.4, -0.2) is 9.13 Å². The molecule has 0 amide bonds. The second-order valence-corrected chi connectivity index (χ2v) is 12.3. The molecule has 0 fully saturated rings. The Morgan fingerprint density at radius 2 is 0.957 bits per heavy atom. The second-order valence-electron chi connectivity index (χ2n) is 12.3. The van der Waals surface area contributed by atoms with Gasteiger partial charge in [-0.25, -0.2) is 0 Å². The highest BCUT2D eigenvalue weighted by atomic mass is 16.3. The minimum atomic E-state index is 0.908. The highest BCUT2D eigenvalue weighted by Gasteiger charge is 2.19. The van der Waals surface area contributed by atoms with E-state index in [9.17, 15) is 0 Å². The number of rotatable bonds is 3. The van der Waals surface area contributed by atoms with E-state index in [0.717, 1.165) is 33.1 Å². The Morgan fingerprint density at radius 3 is 1.65 bits per heavy atom. The first-order valence-electron chi connectivity index (χ1n) is 15.8. The first kappa shape index (κ1) is 25.3. The number of hydrogen-bond acceptors (Lipinski definition) is 1. The molecule has 0 aliphatic heterocycles. The molecule has 0 saturated carbocycles. The molecule has 46 heavy (non-hydrogen) atoms. The first-order valence-corrected chi connectivity index (χ1v) is 15.8. The summed E-state index contributed by atoms with van der Waals surface area (Å²) in [7, 11) is 0. The van der Waals surface area contributed by atoms with E-state index in [1.54, 1.807) is 0 Å². The van der Waals surface area contributed by atoms with Crippen LogP contribution < -0.4 is 0 Å². The van der Waals surface area contributed by atoms with Crippen molar-refractivity contribution < 1.29 is 4.42 Å². The van der Waals surface area contributed by atoms with Gasteiger partial charge in [-0.3, -0.25) is 0 Å². The van der Waals surface area contributed by atoms with Gasteiger partial charge in [-0.1, -0.05) is 96.6 Å². The topological polar surface area (TPSA) is 23.0 Å². The summed E-state index contributed by atoms with van der Waals surface area (Å²) in [5.74, 6) is 0. The summed E-state index contributed by atoms with van der Waals surface area (Å²) in [6, 6.07) is 54.7. The van der Waals surface area contributed by atoms with Gasteiger partial charge in [-0.15, -0.1) is 0 Å². The Hall–Kier alpha value is -6.06. The molecule has 0 aliphatic rings. The van der Waals surface area contributed by atoms with E-state index in [-0.39, 0.29) is 0 Å². The van der Waals surface area contributed by atoms with Crippen LogP contribution in [0.4, 0.5) is 0 Å². The molecule has 3 heteroatoms. The number of hydrogen-bond donors (Lipinski definition) is 0. The van der Waals surface area contributed by atoms with E-state index in [2.05, 4.69) is 156 Å². The SMILES string of the molecule is Cc1ccc(-n2c3ccccc3c3cc(-c4ccc5c(c4)c4ccccc4n5-c4cccc5c4oc4ccccc45)ccc32)cc1. The van der Waals surface area contributed by atoms with Gasteiger partial charge in [0, 0.05) is 38.0 Å². The fourth-order valence-corrected chi connectivity index (χ4v) is 7.44. The van der Waals surface area contributed by atoms with Crippen LogP contribution in [0.25, 0.3) is 88.1 Å². The summed E-state index contributed by atoms with van der Waals surface area (Å²) in [4.78, 5) is 0. The molecular formula is C43H28N2O. The molecule has 0 aliphatic carbocycles. The smallest absolute Gasteiger partial charge is 0.159 e. The highest BCUT2D eigenvalue weighted by Crippen LogP contribution is 2.40. The van der Waals surface area contributed by atoms with Crippen LogP contribution >= 0.6 is 0 Å². The molecule has 0 radical (unpaired) electrons. The number of aromatic nitrogens is 2. The molecule has 10 rings (SSSR count). The van der Waals surface area contributed by atoms with Crippen molar-refractivity contribution >= 4 is 65.6 Å². The Morgan fingerprint density at radius 1 is 0.413 bits per heavy atom. The molecule has 0 spiro atoms. The van der Waals surface area contributed by atoms with Crippen molar-refractivity contribution in [2.24, 2.45) is 0 Å². The maximum Gasteiger partial charge on any atom is 0.159 e. The van der Waals surface area contributed by atoms with Gasteiger partial charge in [-0.2, -0.15) is 0 Å². The molecule has 0 atom stereocenters. The van der Waals surface area contributed by atoms with Gasteiger partial charge in [0.05, 0.1) is 27.8 Å². The largest absolute Gasteiger partial charge is 0.454 e. The molecule has 0 unspecified atom stereocenters. The molecule has 3 nitrogen and oxygen atoms in total. The van der Waals surface area contributed by atoms with Crippen LogP contribution in [0.5, 0.6) is 0 Å². The quantitative estimate of drug-likeness (QED) is 0.201. The molecule has 3 heterocycles. The average molecular weight is 589 g/mol. The van der Waals surface area contributed by atoms with Crippen LogP contribution in [0.1, 0.15) is 5.56 Å². The van der Waals surface area contributed by atoms with E-state index in [0.29, 0.717) is 0 Å². The third-order valence-corrected chi connectivity index (χ3v) is 9.60. The maximum absolute atomic E-state index is 6.49. The van der Waals surface area contributed by atoms with Gasteiger partial charge in [0.15, 0.2) is 5.58 Å². The van der Waals surface area contributed by atoms with Gasteiger partial charge < -0.3 is 13.6 Å². The van der Waals surface area contributed by atoms with Crippen molar-refractivity contribution in [3.8, 4) is 22.5 Å². The Balaban J connectivity index is 1.19. The van der Waals surface area contributed by atoms with Crippen LogP contribution in [0.15, 0.2) is 156 Å². The highest BCUT2D eigenvalue weighted by molar-refractivity contribution is 6.14. The lowest BCUT2D eigenvalue weighted by atomic mass is 10.0. The lowest BCUT2D eigenvalue weighted by Gasteiger charge is -2.10. The lowest BCUT2D eigenvalue weighted by Crippen LogP contribution is -1.94. The monoisotopic (exact) mass is 588 g/mol. The van der Waals surface area contributed by atoms with Gasteiger partial charge in [0.25, 0.3) is 0 Å². The Bertz CT molecular complexity index is 2810. The predicted octanol–water partition coefficient (Wildman–Crippen LogP) is 11.8. The molecule has 0 saturated heterocycles. The van der Waals surface area contributed by atoms with Crippen LogP contribution in [0.3, 0.4) is 0 Å². The number of furan rings is 1.